The van der Waals surface area contributed by atoms with Gasteiger partial charge in [-0.2, -0.15) is 0 Å². The van der Waals surface area contributed by atoms with E-state index in [0.29, 0.717) is 35.8 Å². The molecular formula is C28H30IN5O4S. The fourth-order valence-corrected chi connectivity index (χ4v) is 7.08. The van der Waals surface area contributed by atoms with Crippen LogP contribution in [0.1, 0.15) is 33.6 Å². The first-order valence-electron chi connectivity index (χ1n) is 12.7. The van der Waals surface area contributed by atoms with Gasteiger partial charge in [-0.05, 0) is 61.2 Å². The number of nitrogens with zero attached hydrogens (tertiary/aromatic N) is 5. The number of sulfonamides is 1. The van der Waals surface area contributed by atoms with Crippen LogP contribution in [0.5, 0.6) is 5.75 Å². The number of piperazine rings is 1. The Morgan fingerprint density at radius 1 is 1.10 bits per heavy atom. The minimum atomic E-state index is -3.93. The quantitative estimate of drug-likeness (QED) is 0.273. The van der Waals surface area contributed by atoms with Gasteiger partial charge in [0.1, 0.15) is 16.3 Å². The summed E-state index contributed by atoms with van der Waals surface area (Å²) in [7, 11) is -2.46. The monoisotopic (exact) mass is 659 g/mol. The number of rotatable bonds is 7. The van der Waals surface area contributed by atoms with Crippen molar-refractivity contribution in [2.24, 2.45) is 4.99 Å². The summed E-state index contributed by atoms with van der Waals surface area (Å²) in [6, 6.07) is 14.2. The Bertz CT molecular complexity index is 1500. The SMILES string of the molecule is COc1cc(C(=O)N2CCN(Cc3ccc(C)cn3)CC2)ccc1N(I)S(=O)(=O)c1cccc2c1N=CCC2. The lowest BCUT2D eigenvalue weighted by Crippen LogP contribution is -2.48. The van der Waals surface area contributed by atoms with E-state index >= 15 is 0 Å². The van der Waals surface area contributed by atoms with Gasteiger partial charge >= 0.3 is 0 Å². The van der Waals surface area contributed by atoms with E-state index in [-0.39, 0.29) is 10.8 Å². The molecule has 1 fully saturated rings. The van der Waals surface area contributed by atoms with Crippen LogP contribution in [0.25, 0.3) is 0 Å². The lowest BCUT2D eigenvalue weighted by molar-refractivity contribution is 0.0626. The molecule has 2 aromatic carbocycles. The van der Waals surface area contributed by atoms with Crippen LogP contribution >= 0.6 is 22.9 Å². The maximum Gasteiger partial charge on any atom is 0.275 e. The molecule has 0 atom stereocenters. The first-order chi connectivity index (χ1) is 18.8. The van der Waals surface area contributed by atoms with Crippen molar-refractivity contribution >= 4 is 56.4 Å². The van der Waals surface area contributed by atoms with E-state index in [0.717, 1.165) is 51.8 Å². The average Bonchev–Trinajstić information content (AvgIpc) is 2.97. The molecule has 5 rings (SSSR count). The van der Waals surface area contributed by atoms with Gasteiger partial charge in [0.15, 0.2) is 0 Å². The number of hydrogen-bond acceptors (Lipinski definition) is 7. The van der Waals surface area contributed by atoms with E-state index in [9.17, 15) is 13.2 Å². The summed E-state index contributed by atoms with van der Waals surface area (Å²) < 4.78 is 34.0. The second kappa shape index (κ2) is 11.6. The summed E-state index contributed by atoms with van der Waals surface area (Å²) in [6.45, 7) is 5.47. The van der Waals surface area contributed by atoms with Gasteiger partial charge in [-0.3, -0.25) is 19.7 Å². The van der Waals surface area contributed by atoms with Gasteiger partial charge in [-0.25, -0.2) is 10.9 Å². The van der Waals surface area contributed by atoms with Gasteiger partial charge in [0.05, 0.1) is 41.4 Å². The number of aryl methyl sites for hydroxylation is 2. The molecule has 2 aliphatic heterocycles. The Hall–Kier alpha value is -3.03. The van der Waals surface area contributed by atoms with Gasteiger partial charge < -0.3 is 9.64 Å². The highest BCUT2D eigenvalue weighted by atomic mass is 127. The van der Waals surface area contributed by atoms with Crippen molar-refractivity contribution in [3.63, 3.8) is 0 Å². The van der Waals surface area contributed by atoms with Gasteiger partial charge in [-0.15, -0.1) is 0 Å². The minimum absolute atomic E-state index is 0.109. The molecule has 204 valence electrons. The molecule has 1 saturated heterocycles. The smallest absolute Gasteiger partial charge is 0.275 e. The fraction of sp³-hybridized carbons (Fsp3) is 0.321. The normalized spacial score (nSPS) is 15.6. The molecule has 1 amide bonds. The highest BCUT2D eigenvalue weighted by Crippen LogP contribution is 2.40. The molecule has 0 saturated carbocycles. The van der Waals surface area contributed by atoms with Crippen molar-refractivity contribution in [3.8, 4) is 5.75 Å². The Kier molecular flexibility index (Phi) is 8.19. The number of aromatic nitrogens is 1. The summed E-state index contributed by atoms with van der Waals surface area (Å²) in [5.41, 5.74) is 4.32. The van der Waals surface area contributed by atoms with E-state index in [4.69, 9.17) is 4.74 Å². The molecular weight excluding hydrogens is 629 g/mol. The Balaban J connectivity index is 1.30. The van der Waals surface area contributed by atoms with Crippen LogP contribution in [0, 0.1) is 6.92 Å². The third-order valence-electron chi connectivity index (χ3n) is 6.97. The zero-order chi connectivity index (χ0) is 27.6. The Morgan fingerprint density at radius 3 is 2.62 bits per heavy atom. The van der Waals surface area contributed by atoms with Crippen LogP contribution in [0.3, 0.4) is 0 Å². The first-order valence-corrected chi connectivity index (χ1v) is 15.1. The molecule has 0 bridgehead atoms. The van der Waals surface area contributed by atoms with Crippen molar-refractivity contribution < 1.29 is 17.9 Å². The van der Waals surface area contributed by atoms with Crippen molar-refractivity contribution in [2.75, 3.05) is 35.8 Å². The highest BCUT2D eigenvalue weighted by molar-refractivity contribution is 14.1. The second-order valence-corrected chi connectivity index (χ2v) is 13.0. The maximum absolute atomic E-state index is 13.6. The maximum atomic E-state index is 13.6. The van der Waals surface area contributed by atoms with Gasteiger partial charge in [-0.1, -0.05) is 18.2 Å². The number of benzene rings is 2. The van der Waals surface area contributed by atoms with Crippen LogP contribution in [0.15, 0.2) is 64.6 Å². The zero-order valence-corrected chi connectivity index (χ0v) is 24.9. The number of aliphatic imine (C=N–C) groups is 1. The summed E-state index contributed by atoms with van der Waals surface area (Å²) in [5, 5.41) is 0. The zero-order valence-electron chi connectivity index (χ0n) is 21.9. The number of fused-ring (bicyclic) bond motifs is 1. The number of para-hydroxylation sites is 1. The summed E-state index contributed by atoms with van der Waals surface area (Å²) in [4.78, 5) is 26.4. The van der Waals surface area contributed by atoms with Crippen LogP contribution in [0.2, 0.25) is 0 Å². The molecule has 3 aromatic rings. The van der Waals surface area contributed by atoms with E-state index in [1.807, 2.05) is 30.2 Å². The Labute approximate surface area is 243 Å². The number of hydrogen-bond donors (Lipinski definition) is 0. The third-order valence-corrected chi connectivity index (χ3v) is 10.5. The van der Waals surface area contributed by atoms with Crippen LogP contribution in [-0.2, 0) is 23.0 Å². The predicted molar refractivity (Wildman–Crippen MR) is 160 cm³/mol. The number of halogens is 1. The van der Waals surface area contributed by atoms with E-state index < -0.39 is 10.0 Å². The molecule has 0 aliphatic carbocycles. The lowest BCUT2D eigenvalue weighted by atomic mass is 10.1. The summed E-state index contributed by atoms with van der Waals surface area (Å²) >= 11 is 1.77. The molecule has 0 N–H and O–H groups in total. The van der Waals surface area contributed by atoms with Gasteiger partial charge in [0.25, 0.3) is 15.9 Å². The first kappa shape index (κ1) is 27.5. The molecule has 2 aliphatic rings. The molecule has 39 heavy (non-hydrogen) atoms. The van der Waals surface area contributed by atoms with Crippen LogP contribution in [0.4, 0.5) is 11.4 Å². The van der Waals surface area contributed by atoms with Crippen molar-refractivity contribution in [1.82, 2.24) is 14.8 Å². The van der Waals surface area contributed by atoms with Crippen molar-refractivity contribution in [2.45, 2.75) is 31.2 Å². The van der Waals surface area contributed by atoms with E-state index in [1.165, 1.54) is 7.11 Å². The van der Waals surface area contributed by atoms with Crippen LogP contribution < -0.4 is 7.26 Å². The number of amides is 1. The minimum Gasteiger partial charge on any atom is -0.494 e. The lowest BCUT2D eigenvalue weighted by Gasteiger charge is -2.34. The second-order valence-electron chi connectivity index (χ2n) is 9.62. The third kappa shape index (κ3) is 5.80. The fourth-order valence-electron chi connectivity index (χ4n) is 4.78. The van der Waals surface area contributed by atoms with Gasteiger partial charge in [0.2, 0.25) is 0 Å². The molecule has 9 nitrogen and oxygen atoms in total. The summed E-state index contributed by atoms with van der Waals surface area (Å²) in [6.07, 6.45) is 5.16. The molecule has 0 radical (unpaired) electrons. The molecule has 0 unspecified atom stereocenters. The molecule has 0 spiro atoms. The Morgan fingerprint density at radius 2 is 1.90 bits per heavy atom. The molecule has 3 heterocycles. The number of methoxy groups -OCH3 is 1. The number of carbonyl (C=O) groups is 1. The molecule has 1 aromatic heterocycles. The van der Waals surface area contributed by atoms with Crippen molar-refractivity contribution in [1.29, 1.82) is 0 Å². The molecule has 11 heteroatoms. The highest BCUT2D eigenvalue weighted by Gasteiger charge is 2.30. The number of carbonyl (C=O) groups excluding carboxylic acids is 1. The van der Waals surface area contributed by atoms with Crippen molar-refractivity contribution in [3.05, 3.63) is 77.1 Å². The number of anilines is 1. The number of ether oxygens (including phenoxy) is 1. The largest absolute Gasteiger partial charge is 0.494 e. The average molecular weight is 660 g/mol. The summed E-state index contributed by atoms with van der Waals surface area (Å²) in [5.74, 6) is 0.193. The standard InChI is InChI=1S/C28H30IN5O4S/c1-20-8-10-23(31-18-20)19-32-13-15-33(16-14-32)28(35)22-9-11-24(25(17-22)38-2)34(29)39(36,37)26-7-3-5-21-6-4-12-30-27(21)26/h3,5,7-12,17-18H,4,6,13-16,19H2,1-2H3. The predicted octanol–water partition coefficient (Wildman–Crippen LogP) is 4.55. The topological polar surface area (TPSA) is 95.4 Å². The van der Waals surface area contributed by atoms with E-state index in [2.05, 4.69) is 20.9 Å². The van der Waals surface area contributed by atoms with E-state index in [1.54, 1.807) is 59.4 Å². The number of pyridine rings is 1. The van der Waals surface area contributed by atoms with Gasteiger partial charge in [0, 0.05) is 50.7 Å². The van der Waals surface area contributed by atoms with Crippen LogP contribution in [-0.4, -0.2) is 68.6 Å².